The molecule has 0 fully saturated rings. The molecule has 1 aromatic heterocycles. The maximum atomic E-state index is 12.2. The molecular weight excluding hydrogens is 480 g/mol. The number of pyridine rings is 1. The molecule has 1 N–H and O–H groups in total. The lowest BCUT2D eigenvalue weighted by Crippen LogP contribution is -2.09. The van der Waals surface area contributed by atoms with Crippen LogP contribution in [0.5, 0.6) is 17.2 Å². The number of methoxy groups -OCH3 is 2. The van der Waals surface area contributed by atoms with Gasteiger partial charge in [-0.05, 0) is 42.2 Å². The highest BCUT2D eigenvalue weighted by Gasteiger charge is 2.17. The predicted molar refractivity (Wildman–Crippen MR) is 153 cm³/mol. The average molecular weight is 523 g/mol. The van der Waals surface area contributed by atoms with Crippen molar-refractivity contribution in [1.82, 2.24) is 4.98 Å². The number of hydrogen-bond donors (Lipinski definition) is 1. The second kappa shape index (κ2) is 15.1. The van der Waals surface area contributed by atoms with Gasteiger partial charge in [-0.1, -0.05) is 65.0 Å². The van der Waals surface area contributed by atoms with E-state index in [1.54, 1.807) is 13.2 Å². The summed E-state index contributed by atoms with van der Waals surface area (Å²) in [7, 11) is 2.97. The topological polar surface area (TPSA) is 78.9 Å². The van der Waals surface area contributed by atoms with Crippen molar-refractivity contribution in [2.75, 3.05) is 32.8 Å². The number of fused-ring (bicyclic) bond motifs is 1. The van der Waals surface area contributed by atoms with E-state index in [4.69, 9.17) is 18.9 Å². The zero-order valence-electron chi connectivity index (χ0n) is 23.5. The Balaban J connectivity index is 1.69. The second-order valence-electron chi connectivity index (χ2n) is 9.89. The zero-order valence-corrected chi connectivity index (χ0v) is 23.5. The number of benzene rings is 2. The van der Waals surface area contributed by atoms with E-state index in [-0.39, 0.29) is 5.69 Å². The fourth-order valence-electron chi connectivity index (χ4n) is 4.09. The van der Waals surface area contributed by atoms with Crippen LogP contribution < -0.4 is 19.5 Å². The molecule has 3 aromatic rings. The van der Waals surface area contributed by atoms with Crippen molar-refractivity contribution in [3.05, 3.63) is 53.7 Å². The normalized spacial score (nSPS) is 11.0. The molecule has 206 valence electrons. The van der Waals surface area contributed by atoms with Gasteiger partial charge in [0, 0.05) is 18.0 Å². The van der Waals surface area contributed by atoms with Crippen molar-refractivity contribution in [2.24, 2.45) is 5.92 Å². The van der Waals surface area contributed by atoms with Crippen molar-refractivity contribution >= 4 is 22.6 Å². The second-order valence-corrected chi connectivity index (χ2v) is 9.89. The summed E-state index contributed by atoms with van der Waals surface area (Å²) in [6, 6.07) is 13.5. The molecule has 0 bridgehead atoms. The highest BCUT2D eigenvalue weighted by atomic mass is 16.5. The van der Waals surface area contributed by atoms with E-state index in [9.17, 15) is 4.79 Å². The Hall–Kier alpha value is -3.48. The van der Waals surface area contributed by atoms with Gasteiger partial charge in [0.15, 0.2) is 5.69 Å². The molecule has 0 aliphatic heterocycles. The Labute approximate surface area is 226 Å². The van der Waals surface area contributed by atoms with Crippen molar-refractivity contribution < 1.29 is 23.7 Å². The van der Waals surface area contributed by atoms with E-state index in [2.05, 4.69) is 43.2 Å². The number of unbranched alkanes of at least 4 members (excludes halogenated alkanes) is 5. The van der Waals surface area contributed by atoms with Crippen LogP contribution in [0.1, 0.15) is 75.3 Å². The minimum atomic E-state index is -0.509. The summed E-state index contributed by atoms with van der Waals surface area (Å²) in [5.74, 6) is 1.95. The molecule has 0 amide bonds. The number of carbonyl (C=O) groups excluding carboxylic acids is 1. The van der Waals surface area contributed by atoms with E-state index >= 15 is 0 Å². The number of ether oxygens (including phenoxy) is 4. The minimum Gasteiger partial charge on any atom is -0.495 e. The van der Waals surface area contributed by atoms with Crippen LogP contribution in [0.2, 0.25) is 0 Å². The highest BCUT2D eigenvalue weighted by Crippen LogP contribution is 2.35. The van der Waals surface area contributed by atoms with Crippen LogP contribution in [0.25, 0.3) is 10.9 Å². The van der Waals surface area contributed by atoms with Crippen LogP contribution >= 0.6 is 0 Å². The predicted octanol–water partition coefficient (Wildman–Crippen LogP) is 7.42. The number of aromatic nitrogens is 1. The van der Waals surface area contributed by atoms with E-state index < -0.39 is 5.97 Å². The minimum absolute atomic E-state index is 0.200. The van der Waals surface area contributed by atoms with Crippen LogP contribution in [0.15, 0.2) is 42.5 Å². The van der Waals surface area contributed by atoms with Gasteiger partial charge >= 0.3 is 5.97 Å². The molecule has 0 unspecified atom stereocenters. The van der Waals surface area contributed by atoms with Gasteiger partial charge in [0.05, 0.1) is 38.6 Å². The lowest BCUT2D eigenvalue weighted by molar-refractivity contribution is 0.0594. The maximum Gasteiger partial charge on any atom is 0.356 e. The molecule has 7 heteroatoms. The first-order chi connectivity index (χ1) is 18.4. The third-order valence-electron chi connectivity index (χ3n) is 6.23. The lowest BCUT2D eigenvalue weighted by Gasteiger charge is -2.16. The lowest BCUT2D eigenvalue weighted by atomic mass is 10.1. The van der Waals surface area contributed by atoms with E-state index in [0.29, 0.717) is 36.1 Å². The van der Waals surface area contributed by atoms with Crippen LogP contribution in [-0.2, 0) is 11.3 Å². The monoisotopic (exact) mass is 522 g/mol. The number of esters is 1. The SMILES string of the molecule is CCCCCCCCOc1ccc(CNc2cc3nc(C(=O)OC)cc(OCC(C)C)c3cc2OC)cc1. The van der Waals surface area contributed by atoms with Crippen LogP contribution in [0, 0.1) is 5.92 Å². The number of anilines is 1. The fourth-order valence-corrected chi connectivity index (χ4v) is 4.09. The summed E-state index contributed by atoms with van der Waals surface area (Å²) >= 11 is 0. The Bertz CT molecular complexity index is 1160. The van der Waals surface area contributed by atoms with Gasteiger partial charge in [0.25, 0.3) is 0 Å². The number of nitrogens with one attached hydrogen (secondary N) is 1. The fraction of sp³-hybridized carbons (Fsp3) is 0.484. The molecule has 0 atom stereocenters. The van der Waals surface area contributed by atoms with Gasteiger partial charge in [-0.2, -0.15) is 0 Å². The first-order valence-electron chi connectivity index (χ1n) is 13.6. The van der Waals surface area contributed by atoms with Gasteiger partial charge in [-0.15, -0.1) is 0 Å². The number of rotatable bonds is 16. The first kappa shape index (κ1) is 29.1. The Morgan fingerprint density at radius 3 is 2.34 bits per heavy atom. The van der Waals surface area contributed by atoms with E-state index in [1.165, 1.54) is 39.2 Å². The van der Waals surface area contributed by atoms with Crippen molar-refractivity contribution in [3.8, 4) is 17.2 Å². The van der Waals surface area contributed by atoms with Crippen LogP contribution in [0.4, 0.5) is 5.69 Å². The van der Waals surface area contributed by atoms with Crippen molar-refractivity contribution in [1.29, 1.82) is 0 Å². The van der Waals surface area contributed by atoms with E-state index in [0.717, 1.165) is 35.4 Å². The number of hydrogen-bond acceptors (Lipinski definition) is 7. The molecule has 38 heavy (non-hydrogen) atoms. The zero-order chi connectivity index (χ0) is 27.3. The highest BCUT2D eigenvalue weighted by molar-refractivity contribution is 5.96. The van der Waals surface area contributed by atoms with Gasteiger partial charge in [0.1, 0.15) is 17.2 Å². The molecule has 0 saturated carbocycles. The molecule has 7 nitrogen and oxygen atoms in total. The number of nitrogens with zero attached hydrogens (tertiary/aromatic N) is 1. The molecule has 3 rings (SSSR count). The average Bonchev–Trinajstić information content (AvgIpc) is 2.93. The first-order valence-corrected chi connectivity index (χ1v) is 13.6. The summed E-state index contributed by atoms with van der Waals surface area (Å²) in [5.41, 5.74) is 2.70. The van der Waals surface area contributed by atoms with Gasteiger partial charge in [-0.25, -0.2) is 9.78 Å². The molecule has 0 aliphatic rings. The third kappa shape index (κ3) is 8.54. The van der Waals surface area contributed by atoms with Crippen molar-refractivity contribution in [2.45, 2.75) is 65.8 Å². The molecule has 0 saturated heterocycles. The Kier molecular flexibility index (Phi) is 11.5. The third-order valence-corrected chi connectivity index (χ3v) is 6.23. The molecule has 2 aromatic carbocycles. The summed E-state index contributed by atoms with van der Waals surface area (Å²) in [6.07, 6.45) is 7.50. The summed E-state index contributed by atoms with van der Waals surface area (Å²) in [5, 5.41) is 4.21. The van der Waals surface area contributed by atoms with Gasteiger partial charge in [0.2, 0.25) is 0 Å². The van der Waals surface area contributed by atoms with Crippen LogP contribution in [-0.4, -0.2) is 38.4 Å². The number of carbonyl (C=O) groups is 1. The molecule has 0 radical (unpaired) electrons. The van der Waals surface area contributed by atoms with Gasteiger partial charge < -0.3 is 24.3 Å². The standard InChI is InChI=1S/C31H42N2O5/c1-6-7-8-9-10-11-16-37-24-14-12-23(13-15-24)20-32-27-18-26-25(17-30(27)35-4)29(38-21-22(2)3)19-28(33-26)31(34)36-5/h12-15,17-19,22,32H,6-11,16,20-21H2,1-5H3. The largest absolute Gasteiger partial charge is 0.495 e. The Morgan fingerprint density at radius 1 is 0.921 bits per heavy atom. The maximum absolute atomic E-state index is 12.2. The van der Waals surface area contributed by atoms with E-state index in [1.807, 2.05) is 24.3 Å². The quantitative estimate of drug-likeness (QED) is 0.155. The molecule has 0 spiro atoms. The Morgan fingerprint density at radius 2 is 1.66 bits per heavy atom. The molecule has 0 aliphatic carbocycles. The van der Waals surface area contributed by atoms with Crippen LogP contribution in [0.3, 0.4) is 0 Å². The summed E-state index contributed by atoms with van der Waals surface area (Å²) < 4.78 is 22.5. The van der Waals surface area contributed by atoms with Gasteiger partial charge in [-0.3, -0.25) is 0 Å². The smallest absolute Gasteiger partial charge is 0.356 e. The molecular formula is C31H42N2O5. The molecule has 1 heterocycles. The summed E-state index contributed by atoms with van der Waals surface area (Å²) in [6.45, 7) is 8.23. The van der Waals surface area contributed by atoms with Crippen molar-refractivity contribution in [3.63, 3.8) is 0 Å². The summed E-state index contributed by atoms with van der Waals surface area (Å²) in [4.78, 5) is 16.8.